The molecule has 0 saturated heterocycles. The lowest BCUT2D eigenvalue weighted by Gasteiger charge is -2.21. The van der Waals surface area contributed by atoms with Gasteiger partial charge in [0.15, 0.2) is 0 Å². The number of anilines is 1. The first-order chi connectivity index (χ1) is 9.79. The van der Waals surface area contributed by atoms with E-state index >= 15 is 0 Å². The zero-order chi connectivity index (χ0) is 16.0. The van der Waals surface area contributed by atoms with Crippen LogP contribution in [0.1, 0.15) is 32.3 Å². The summed E-state index contributed by atoms with van der Waals surface area (Å²) < 4.78 is 44.3. The molecule has 0 fully saturated rings. The number of benzene rings is 1. The standard InChI is InChI=1S/C14H17BrF3NO2/c1-3-5-12(13(20)21-4-2)19-11-7-6-9(15)8-10(11)14(16,17)18/h6-8,12,19H,3-5H2,1-2H3. The van der Waals surface area contributed by atoms with E-state index in [2.05, 4.69) is 21.2 Å². The van der Waals surface area contributed by atoms with Crippen molar-refractivity contribution in [2.24, 2.45) is 0 Å². The number of hydrogen-bond donors (Lipinski definition) is 1. The fourth-order valence-electron chi connectivity index (χ4n) is 1.85. The molecule has 21 heavy (non-hydrogen) atoms. The van der Waals surface area contributed by atoms with Crippen LogP contribution in [0, 0.1) is 0 Å². The first kappa shape index (κ1) is 17.8. The van der Waals surface area contributed by atoms with Crippen molar-refractivity contribution in [2.75, 3.05) is 11.9 Å². The Morgan fingerprint density at radius 2 is 2.05 bits per heavy atom. The Balaban J connectivity index is 3.06. The van der Waals surface area contributed by atoms with Crippen LogP contribution < -0.4 is 5.32 Å². The van der Waals surface area contributed by atoms with E-state index in [0.29, 0.717) is 17.3 Å². The molecule has 1 rings (SSSR count). The van der Waals surface area contributed by atoms with Gasteiger partial charge in [0.2, 0.25) is 0 Å². The van der Waals surface area contributed by atoms with Crippen LogP contribution in [0.25, 0.3) is 0 Å². The Morgan fingerprint density at radius 3 is 2.57 bits per heavy atom. The molecular weight excluding hydrogens is 351 g/mol. The first-order valence-corrected chi connectivity index (χ1v) is 7.38. The van der Waals surface area contributed by atoms with Crippen LogP contribution in [-0.4, -0.2) is 18.6 Å². The Bertz CT molecular complexity index is 492. The molecule has 0 aliphatic rings. The quantitative estimate of drug-likeness (QED) is 0.746. The van der Waals surface area contributed by atoms with Crippen LogP contribution in [0.15, 0.2) is 22.7 Å². The zero-order valence-corrected chi connectivity index (χ0v) is 13.3. The van der Waals surface area contributed by atoms with Gasteiger partial charge in [0.05, 0.1) is 12.2 Å². The molecule has 1 unspecified atom stereocenters. The molecule has 0 aliphatic heterocycles. The molecule has 7 heteroatoms. The lowest BCUT2D eigenvalue weighted by atomic mass is 10.1. The van der Waals surface area contributed by atoms with E-state index in [-0.39, 0.29) is 12.3 Å². The third-order valence-corrected chi connectivity index (χ3v) is 3.26. The highest BCUT2D eigenvalue weighted by Gasteiger charge is 2.34. The van der Waals surface area contributed by atoms with Crippen molar-refractivity contribution in [2.45, 2.75) is 38.9 Å². The van der Waals surface area contributed by atoms with Crippen LogP contribution in [0.2, 0.25) is 0 Å². The second-order valence-corrected chi connectivity index (χ2v) is 5.34. The molecule has 0 heterocycles. The van der Waals surface area contributed by atoms with E-state index in [0.717, 1.165) is 6.07 Å². The molecule has 1 N–H and O–H groups in total. The summed E-state index contributed by atoms with van der Waals surface area (Å²) in [6.07, 6.45) is -3.46. The fourth-order valence-corrected chi connectivity index (χ4v) is 2.21. The lowest BCUT2D eigenvalue weighted by molar-refractivity contribution is -0.144. The number of carbonyl (C=O) groups is 1. The minimum Gasteiger partial charge on any atom is -0.464 e. The summed E-state index contributed by atoms with van der Waals surface area (Å²) in [5.41, 5.74) is -0.945. The molecule has 118 valence electrons. The van der Waals surface area contributed by atoms with Crippen LogP contribution in [0.3, 0.4) is 0 Å². The summed E-state index contributed by atoms with van der Waals surface area (Å²) in [5.74, 6) is -0.546. The maximum absolute atomic E-state index is 13.0. The average Bonchev–Trinajstić information content (AvgIpc) is 2.39. The molecular formula is C14H17BrF3NO2. The van der Waals surface area contributed by atoms with Crippen molar-refractivity contribution in [3.63, 3.8) is 0 Å². The maximum atomic E-state index is 13.0. The monoisotopic (exact) mass is 367 g/mol. The number of rotatable bonds is 6. The summed E-state index contributed by atoms with van der Waals surface area (Å²) in [5, 5.41) is 2.65. The van der Waals surface area contributed by atoms with Gasteiger partial charge in [0.25, 0.3) is 0 Å². The molecule has 1 atom stereocenters. The van der Waals surface area contributed by atoms with Crippen LogP contribution >= 0.6 is 15.9 Å². The number of nitrogens with one attached hydrogen (secondary N) is 1. The van der Waals surface area contributed by atoms with Gasteiger partial charge < -0.3 is 10.1 Å². The molecule has 0 radical (unpaired) electrons. The topological polar surface area (TPSA) is 38.3 Å². The predicted molar refractivity (Wildman–Crippen MR) is 78.1 cm³/mol. The smallest absolute Gasteiger partial charge is 0.418 e. The highest BCUT2D eigenvalue weighted by molar-refractivity contribution is 9.10. The van der Waals surface area contributed by atoms with E-state index in [4.69, 9.17) is 4.74 Å². The van der Waals surface area contributed by atoms with Gasteiger partial charge in [0, 0.05) is 10.2 Å². The van der Waals surface area contributed by atoms with Crippen molar-refractivity contribution in [3.05, 3.63) is 28.2 Å². The third-order valence-electron chi connectivity index (χ3n) is 2.77. The number of alkyl halides is 3. The van der Waals surface area contributed by atoms with Crippen molar-refractivity contribution in [3.8, 4) is 0 Å². The van der Waals surface area contributed by atoms with Gasteiger partial charge in [-0.1, -0.05) is 29.3 Å². The summed E-state index contributed by atoms with van der Waals surface area (Å²) in [6, 6.07) is 2.98. The van der Waals surface area contributed by atoms with Crippen LogP contribution in [0.4, 0.5) is 18.9 Å². The summed E-state index contributed by atoms with van der Waals surface area (Å²) >= 11 is 3.02. The molecule has 0 spiro atoms. The third kappa shape index (κ3) is 5.22. The van der Waals surface area contributed by atoms with Crippen LogP contribution in [-0.2, 0) is 15.7 Å². The van der Waals surface area contributed by atoms with E-state index in [9.17, 15) is 18.0 Å². The largest absolute Gasteiger partial charge is 0.464 e. The lowest BCUT2D eigenvalue weighted by Crippen LogP contribution is -2.32. The number of hydrogen-bond acceptors (Lipinski definition) is 3. The van der Waals surface area contributed by atoms with Gasteiger partial charge in [-0.3, -0.25) is 0 Å². The van der Waals surface area contributed by atoms with E-state index in [1.807, 2.05) is 6.92 Å². The molecule has 3 nitrogen and oxygen atoms in total. The average molecular weight is 368 g/mol. The van der Waals surface area contributed by atoms with Crippen molar-refractivity contribution in [1.29, 1.82) is 0 Å². The van der Waals surface area contributed by atoms with Gasteiger partial charge in [-0.05, 0) is 31.5 Å². The van der Waals surface area contributed by atoms with Crippen LogP contribution in [0.5, 0.6) is 0 Å². The number of ether oxygens (including phenoxy) is 1. The normalized spacial score (nSPS) is 12.9. The van der Waals surface area contributed by atoms with Gasteiger partial charge in [-0.15, -0.1) is 0 Å². The minimum atomic E-state index is -4.50. The Hall–Kier alpha value is -1.24. The van der Waals surface area contributed by atoms with Gasteiger partial charge >= 0.3 is 12.1 Å². The molecule has 0 aliphatic carbocycles. The highest BCUT2D eigenvalue weighted by Crippen LogP contribution is 2.37. The van der Waals surface area contributed by atoms with Gasteiger partial charge in [-0.2, -0.15) is 13.2 Å². The molecule has 0 aromatic heterocycles. The fraction of sp³-hybridized carbons (Fsp3) is 0.500. The number of esters is 1. The van der Waals surface area contributed by atoms with Gasteiger partial charge in [-0.25, -0.2) is 4.79 Å². The SMILES string of the molecule is CCCC(Nc1ccc(Br)cc1C(F)(F)F)C(=O)OCC. The molecule has 0 saturated carbocycles. The second kappa shape index (κ2) is 7.68. The number of carbonyl (C=O) groups excluding carboxylic acids is 1. The minimum absolute atomic E-state index is 0.128. The summed E-state index contributed by atoms with van der Waals surface area (Å²) in [4.78, 5) is 11.8. The van der Waals surface area contributed by atoms with E-state index < -0.39 is 23.8 Å². The first-order valence-electron chi connectivity index (χ1n) is 6.59. The molecule has 0 bridgehead atoms. The Kier molecular flexibility index (Phi) is 6.51. The maximum Gasteiger partial charge on any atom is 0.418 e. The zero-order valence-electron chi connectivity index (χ0n) is 11.8. The molecule has 1 aromatic carbocycles. The summed E-state index contributed by atoms with van der Waals surface area (Å²) in [7, 11) is 0. The van der Waals surface area contributed by atoms with Crippen molar-refractivity contribution in [1.82, 2.24) is 0 Å². The van der Waals surface area contributed by atoms with E-state index in [1.54, 1.807) is 6.92 Å². The van der Waals surface area contributed by atoms with Crippen molar-refractivity contribution < 1.29 is 22.7 Å². The Morgan fingerprint density at radius 1 is 1.38 bits per heavy atom. The molecule has 0 amide bonds. The second-order valence-electron chi connectivity index (χ2n) is 4.43. The predicted octanol–water partition coefficient (Wildman–Crippen LogP) is 4.61. The Labute approximate surface area is 130 Å². The van der Waals surface area contributed by atoms with E-state index in [1.165, 1.54) is 12.1 Å². The molecule has 1 aromatic rings. The number of halogens is 4. The summed E-state index contributed by atoms with van der Waals surface area (Å²) in [6.45, 7) is 3.69. The van der Waals surface area contributed by atoms with Gasteiger partial charge in [0.1, 0.15) is 6.04 Å². The highest BCUT2D eigenvalue weighted by atomic mass is 79.9. The van der Waals surface area contributed by atoms with Crippen molar-refractivity contribution >= 4 is 27.6 Å².